The van der Waals surface area contributed by atoms with Gasteiger partial charge in [-0.05, 0) is 49.8 Å². The van der Waals surface area contributed by atoms with E-state index in [1.54, 1.807) is 0 Å². The normalized spacial score (nSPS) is 25.5. The first-order valence-corrected chi connectivity index (χ1v) is 6.24. The fourth-order valence-electron chi connectivity index (χ4n) is 2.81. The van der Waals surface area contributed by atoms with Crippen LogP contribution in [0.15, 0.2) is 51.8 Å². The van der Waals surface area contributed by atoms with Gasteiger partial charge in [0, 0.05) is 12.1 Å². The molecule has 1 saturated carbocycles. The van der Waals surface area contributed by atoms with Crippen molar-refractivity contribution in [2.45, 2.75) is 33.1 Å². The van der Waals surface area contributed by atoms with Gasteiger partial charge in [0.25, 0.3) is 0 Å². The summed E-state index contributed by atoms with van der Waals surface area (Å²) >= 11 is 0. The topological polar surface area (TPSA) is 38.4 Å². The highest BCUT2D eigenvalue weighted by molar-refractivity contribution is 5.64. The van der Waals surface area contributed by atoms with Crippen molar-refractivity contribution in [1.29, 1.82) is 0 Å². The predicted octanol–water partition coefficient (Wildman–Crippen LogP) is 3.49. The Morgan fingerprint density at radius 2 is 2.18 bits per heavy atom. The van der Waals surface area contributed by atoms with Gasteiger partial charge in [0.1, 0.15) is 0 Å². The first-order valence-electron chi connectivity index (χ1n) is 6.24. The van der Waals surface area contributed by atoms with E-state index in [4.69, 9.17) is 5.73 Å². The zero-order valence-corrected chi connectivity index (χ0v) is 10.7. The van der Waals surface area contributed by atoms with E-state index < -0.39 is 0 Å². The molecule has 0 spiro atoms. The van der Waals surface area contributed by atoms with Crippen molar-refractivity contribution in [3.05, 3.63) is 46.8 Å². The van der Waals surface area contributed by atoms with Crippen LogP contribution in [0.5, 0.6) is 0 Å². The third-order valence-corrected chi connectivity index (χ3v) is 3.50. The molecule has 1 atom stereocenters. The Hall–Kier alpha value is -1.57. The number of nitrogens with zero attached hydrogens (tertiary/aromatic N) is 1. The van der Waals surface area contributed by atoms with Gasteiger partial charge in [-0.15, -0.1) is 0 Å². The molecule has 2 rings (SSSR count). The summed E-state index contributed by atoms with van der Waals surface area (Å²) in [5, 5.41) is 0. The molecule has 2 aliphatic rings. The predicted molar refractivity (Wildman–Crippen MR) is 73.7 cm³/mol. The first kappa shape index (κ1) is 11.9. The van der Waals surface area contributed by atoms with Crippen LogP contribution in [0.3, 0.4) is 0 Å². The number of hydrogen-bond acceptors (Lipinski definition) is 2. The lowest BCUT2D eigenvalue weighted by atomic mass is 9.80. The van der Waals surface area contributed by atoms with E-state index in [1.807, 2.05) is 20.1 Å². The Balaban J connectivity index is 2.53. The van der Waals surface area contributed by atoms with Gasteiger partial charge < -0.3 is 5.73 Å². The molecule has 0 aromatic heterocycles. The van der Waals surface area contributed by atoms with Crippen molar-refractivity contribution in [1.82, 2.24) is 0 Å². The van der Waals surface area contributed by atoms with Crippen molar-refractivity contribution < 1.29 is 0 Å². The van der Waals surface area contributed by atoms with Crippen LogP contribution >= 0.6 is 0 Å². The number of fused-ring (bicyclic) bond motifs is 1. The van der Waals surface area contributed by atoms with Gasteiger partial charge in [0.2, 0.25) is 0 Å². The van der Waals surface area contributed by atoms with Gasteiger partial charge in [-0.25, -0.2) is 0 Å². The summed E-state index contributed by atoms with van der Waals surface area (Å²) in [6, 6.07) is 0. The van der Waals surface area contributed by atoms with Gasteiger partial charge in [-0.3, -0.25) is 4.99 Å². The molecule has 0 amide bonds. The van der Waals surface area contributed by atoms with Crippen LogP contribution in [-0.2, 0) is 0 Å². The maximum Gasteiger partial charge on any atom is 0.0898 e. The molecule has 0 heterocycles. The number of hydrogen-bond donors (Lipinski definition) is 1. The summed E-state index contributed by atoms with van der Waals surface area (Å²) in [6.07, 6.45) is 9.42. The molecule has 0 aromatic rings. The molecule has 0 aromatic carbocycles. The maximum atomic E-state index is 6.23. The average molecular weight is 228 g/mol. The Morgan fingerprint density at radius 1 is 1.41 bits per heavy atom. The van der Waals surface area contributed by atoms with E-state index >= 15 is 0 Å². The van der Waals surface area contributed by atoms with Crippen LogP contribution in [-0.4, -0.2) is 6.21 Å². The zero-order valence-electron chi connectivity index (χ0n) is 10.7. The second-order valence-electron chi connectivity index (χ2n) is 4.57. The van der Waals surface area contributed by atoms with Gasteiger partial charge in [-0.2, -0.15) is 0 Å². The minimum atomic E-state index is 0.422. The monoisotopic (exact) mass is 228 g/mol. The Morgan fingerprint density at radius 3 is 2.82 bits per heavy atom. The van der Waals surface area contributed by atoms with E-state index in [2.05, 4.69) is 23.7 Å². The van der Waals surface area contributed by atoms with E-state index in [9.17, 15) is 0 Å². The fraction of sp³-hybridized carbons (Fsp3) is 0.400. The molecule has 1 unspecified atom stereocenters. The third kappa shape index (κ3) is 1.88. The third-order valence-electron chi connectivity index (χ3n) is 3.50. The summed E-state index contributed by atoms with van der Waals surface area (Å²) in [6.45, 7) is 8.13. The number of allylic oxidation sites excluding steroid dienone is 5. The molecule has 2 aliphatic carbocycles. The lowest BCUT2D eigenvalue weighted by molar-refractivity contribution is 0.573. The molecule has 2 N–H and O–H groups in total. The summed E-state index contributed by atoms with van der Waals surface area (Å²) in [5.74, 6) is 0.422. The Kier molecular flexibility index (Phi) is 3.32. The molecular formula is C15H20N2. The van der Waals surface area contributed by atoms with Crippen LogP contribution in [0.4, 0.5) is 0 Å². The van der Waals surface area contributed by atoms with Crippen molar-refractivity contribution in [3.63, 3.8) is 0 Å². The fourth-order valence-corrected chi connectivity index (χ4v) is 2.81. The molecule has 2 heteroatoms. The van der Waals surface area contributed by atoms with Gasteiger partial charge >= 0.3 is 0 Å². The van der Waals surface area contributed by atoms with Crippen LogP contribution < -0.4 is 5.73 Å². The van der Waals surface area contributed by atoms with Gasteiger partial charge in [0.15, 0.2) is 0 Å². The minimum Gasteiger partial charge on any atom is -0.397 e. The standard InChI is InChI=1S/C15H20N2/c1-4-7-12-11-9-6-8-10(3)13(11)15(14(12)16)17-5-2/h4-5,7,11H,3,6,8-9,16H2,1-2H3/b7-4-,17-5?. The van der Waals surface area contributed by atoms with Gasteiger partial charge in [0.05, 0.1) is 11.4 Å². The van der Waals surface area contributed by atoms with Crippen molar-refractivity contribution in [3.8, 4) is 0 Å². The molecular weight excluding hydrogens is 208 g/mol. The highest BCUT2D eigenvalue weighted by atomic mass is 14.8. The van der Waals surface area contributed by atoms with E-state index in [1.165, 1.54) is 23.1 Å². The Labute approximate surface area is 103 Å². The van der Waals surface area contributed by atoms with E-state index in [0.717, 1.165) is 24.2 Å². The summed E-state index contributed by atoms with van der Waals surface area (Å²) in [4.78, 5) is 4.45. The summed E-state index contributed by atoms with van der Waals surface area (Å²) < 4.78 is 0. The molecule has 0 saturated heterocycles. The lowest BCUT2D eigenvalue weighted by Crippen LogP contribution is -2.11. The SMILES string of the molecule is C=C1CCCC2C(/C=C\C)=C(N)C(N=CC)=C12. The highest BCUT2D eigenvalue weighted by Gasteiger charge is 2.34. The molecule has 1 fully saturated rings. The highest BCUT2D eigenvalue weighted by Crippen LogP contribution is 2.46. The summed E-state index contributed by atoms with van der Waals surface area (Å²) in [7, 11) is 0. The van der Waals surface area contributed by atoms with Crippen LogP contribution in [0, 0.1) is 5.92 Å². The summed E-state index contributed by atoms with van der Waals surface area (Å²) in [5.41, 5.74) is 11.7. The van der Waals surface area contributed by atoms with Crippen molar-refractivity contribution >= 4 is 6.21 Å². The molecule has 0 radical (unpaired) electrons. The largest absolute Gasteiger partial charge is 0.397 e. The maximum absolute atomic E-state index is 6.23. The molecule has 0 aliphatic heterocycles. The van der Waals surface area contributed by atoms with Crippen LogP contribution in [0.2, 0.25) is 0 Å². The number of aliphatic imine (C=N–C) groups is 1. The molecule has 90 valence electrons. The van der Waals surface area contributed by atoms with E-state index in [0.29, 0.717) is 5.92 Å². The average Bonchev–Trinajstić information content (AvgIpc) is 2.57. The smallest absolute Gasteiger partial charge is 0.0898 e. The van der Waals surface area contributed by atoms with Gasteiger partial charge in [-0.1, -0.05) is 18.7 Å². The van der Waals surface area contributed by atoms with Crippen molar-refractivity contribution in [2.24, 2.45) is 16.6 Å². The second-order valence-corrected chi connectivity index (χ2v) is 4.57. The molecule has 17 heavy (non-hydrogen) atoms. The van der Waals surface area contributed by atoms with Crippen LogP contribution in [0.1, 0.15) is 33.1 Å². The lowest BCUT2D eigenvalue weighted by Gasteiger charge is -2.24. The van der Waals surface area contributed by atoms with E-state index in [-0.39, 0.29) is 0 Å². The minimum absolute atomic E-state index is 0.422. The number of nitrogens with two attached hydrogens (primary N) is 1. The van der Waals surface area contributed by atoms with Crippen LogP contribution in [0.25, 0.3) is 0 Å². The second kappa shape index (κ2) is 4.74. The Bertz CT molecular complexity index is 461. The quantitative estimate of drug-likeness (QED) is 0.722. The number of rotatable bonds is 2. The first-order chi connectivity index (χ1) is 8.20. The zero-order chi connectivity index (χ0) is 12.4. The van der Waals surface area contributed by atoms with Crippen molar-refractivity contribution in [2.75, 3.05) is 0 Å². The molecule has 2 nitrogen and oxygen atoms in total. The molecule has 0 bridgehead atoms.